The zero-order valence-electron chi connectivity index (χ0n) is 13.2. The Labute approximate surface area is 143 Å². The second-order valence-corrected chi connectivity index (χ2v) is 5.13. The first-order chi connectivity index (χ1) is 12.0. The van der Waals surface area contributed by atoms with E-state index in [0.29, 0.717) is 5.56 Å². The molecule has 0 aliphatic rings. The van der Waals surface area contributed by atoms with E-state index < -0.39 is 23.0 Å². The number of nitro benzene ring substituents is 1. The summed E-state index contributed by atoms with van der Waals surface area (Å²) in [5.41, 5.74) is 0.207. The van der Waals surface area contributed by atoms with Crippen LogP contribution < -0.4 is 10.1 Å². The maximum Gasteiger partial charge on any atom is 0.310 e. The van der Waals surface area contributed by atoms with Gasteiger partial charge in [-0.3, -0.25) is 14.9 Å². The number of nitro groups is 1. The van der Waals surface area contributed by atoms with E-state index in [2.05, 4.69) is 5.32 Å². The monoisotopic (exact) mass is 346 g/mol. The normalized spacial score (nSPS) is 12.9. The largest absolute Gasteiger partial charge is 0.475 e. The van der Waals surface area contributed by atoms with Crippen molar-refractivity contribution in [3.63, 3.8) is 0 Å². The highest BCUT2D eigenvalue weighted by Crippen LogP contribution is 2.32. The number of ether oxygens (including phenoxy) is 1. The molecular weight excluding hydrogens is 328 g/mol. The fourth-order valence-corrected chi connectivity index (χ4v) is 2.22. The fraction of sp³-hybridized carbons (Fsp3) is 0.235. The lowest BCUT2D eigenvalue weighted by Gasteiger charge is -2.24. The maximum atomic E-state index is 12.0. The minimum Gasteiger partial charge on any atom is -0.475 e. The molecule has 8 nitrogen and oxygen atoms in total. The highest BCUT2D eigenvalue weighted by Gasteiger charge is 2.31. The summed E-state index contributed by atoms with van der Waals surface area (Å²) in [6.45, 7) is -0.303. The minimum absolute atomic E-state index is 0.0249. The molecule has 2 aromatic carbocycles. The van der Waals surface area contributed by atoms with Crippen molar-refractivity contribution in [2.24, 2.45) is 0 Å². The maximum absolute atomic E-state index is 12.0. The van der Waals surface area contributed by atoms with Crippen molar-refractivity contribution in [3.8, 4) is 5.75 Å². The molecule has 0 radical (unpaired) electrons. The summed E-state index contributed by atoms with van der Waals surface area (Å²) < 4.78 is 5.64. The molecular formula is C17H18N2O6. The van der Waals surface area contributed by atoms with Crippen LogP contribution in [0.4, 0.5) is 5.69 Å². The number of amides is 1. The summed E-state index contributed by atoms with van der Waals surface area (Å²) in [6, 6.07) is 14.2. The number of carbonyl (C=O) groups is 1. The number of aliphatic hydroxyl groups excluding tert-OH is 2. The van der Waals surface area contributed by atoms with Gasteiger partial charge in [0.15, 0.2) is 18.0 Å². The molecule has 0 bridgehead atoms. The summed E-state index contributed by atoms with van der Waals surface area (Å²) in [5, 5.41) is 32.6. The summed E-state index contributed by atoms with van der Waals surface area (Å²) in [4.78, 5) is 22.6. The molecule has 3 N–H and O–H groups in total. The van der Waals surface area contributed by atoms with Crippen molar-refractivity contribution in [3.05, 3.63) is 70.3 Å². The van der Waals surface area contributed by atoms with E-state index in [1.807, 2.05) is 0 Å². The summed E-state index contributed by atoms with van der Waals surface area (Å²) >= 11 is 0. The van der Waals surface area contributed by atoms with Gasteiger partial charge in [-0.15, -0.1) is 0 Å². The van der Waals surface area contributed by atoms with Crippen LogP contribution in [-0.2, 0) is 4.79 Å². The summed E-state index contributed by atoms with van der Waals surface area (Å²) in [5.74, 6) is -0.808. The van der Waals surface area contributed by atoms with E-state index in [0.717, 1.165) is 0 Å². The predicted octanol–water partition coefficient (Wildman–Crippen LogP) is 1.18. The first-order valence-corrected chi connectivity index (χ1v) is 7.56. The third-order valence-corrected chi connectivity index (χ3v) is 3.41. The molecule has 8 heteroatoms. The van der Waals surface area contributed by atoms with Crippen molar-refractivity contribution in [2.75, 3.05) is 13.2 Å². The predicted molar refractivity (Wildman–Crippen MR) is 89.0 cm³/mol. The molecule has 2 rings (SSSR count). The van der Waals surface area contributed by atoms with Gasteiger partial charge in [0.2, 0.25) is 0 Å². The van der Waals surface area contributed by atoms with E-state index in [1.165, 1.54) is 18.2 Å². The topological polar surface area (TPSA) is 122 Å². The zero-order chi connectivity index (χ0) is 18.2. The Hall–Kier alpha value is -2.97. The standard InChI is InChI=1S/C17H18N2O6/c20-11-10-18-17(22)15(21)16(12-6-2-1-3-7-12)25-14-9-5-4-8-13(14)19(23)24/h1-9,15-16,20-21H,10-11H2,(H,18,22). The number of nitrogens with zero attached hydrogens (tertiary/aromatic N) is 1. The number of hydrogen-bond acceptors (Lipinski definition) is 6. The van der Waals surface area contributed by atoms with Crippen LogP contribution in [0.15, 0.2) is 54.6 Å². The highest BCUT2D eigenvalue weighted by molar-refractivity contribution is 5.81. The number of para-hydroxylation sites is 2. The molecule has 2 atom stereocenters. The van der Waals surface area contributed by atoms with E-state index in [9.17, 15) is 20.0 Å². The van der Waals surface area contributed by atoms with Gasteiger partial charge in [-0.05, 0) is 11.6 Å². The van der Waals surface area contributed by atoms with Gasteiger partial charge in [0.05, 0.1) is 11.5 Å². The van der Waals surface area contributed by atoms with Gasteiger partial charge in [-0.25, -0.2) is 0 Å². The molecule has 0 fully saturated rings. The first-order valence-electron chi connectivity index (χ1n) is 7.56. The van der Waals surface area contributed by atoms with Crippen molar-refractivity contribution >= 4 is 11.6 Å². The Kier molecular flexibility index (Phi) is 6.44. The van der Waals surface area contributed by atoms with Crippen molar-refractivity contribution in [1.29, 1.82) is 0 Å². The third-order valence-electron chi connectivity index (χ3n) is 3.41. The summed E-state index contributed by atoms with van der Waals surface area (Å²) in [7, 11) is 0. The smallest absolute Gasteiger partial charge is 0.310 e. The van der Waals surface area contributed by atoms with Crippen molar-refractivity contribution in [1.82, 2.24) is 5.32 Å². The van der Waals surface area contributed by atoms with Crippen LogP contribution in [0.1, 0.15) is 11.7 Å². The Balaban J connectivity index is 2.33. The fourth-order valence-electron chi connectivity index (χ4n) is 2.22. The van der Waals surface area contributed by atoms with Crippen LogP contribution in [0.3, 0.4) is 0 Å². The first kappa shape index (κ1) is 18.4. The third kappa shape index (κ3) is 4.75. The van der Waals surface area contributed by atoms with Crippen LogP contribution in [-0.4, -0.2) is 40.3 Å². The van der Waals surface area contributed by atoms with Crippen LogP contribution in [0.2, 0.25) is 0 Å². The SMILES string of the molecule is O=C(NCCO)C(O)C(Oc1ccccc1[N+](=O)[O-])c1ccccc1. The summed E-state index contributed by atoms with van der Waals surface area (Å²) in [6.07, 6.45) is -2.77. The Morgan fingerprint density at radius 1 is 1.16 bits per heavy atom. The van der Waals surface area contributed by atoms with E-state index in [-0.39, 0.29) is 24.6 Å². The van der Waals surface area contributed by atoms with Crippen LogP contribution in [0.5, 0.6) is 5.75 Å². The average molecular weight is 346 g/mol. The molecule has 0 aromatic heterocycles. The zero-order valence-corrected chi connectivity index (χ0v) is 13.2. The second kappa shape index (κ2) is 8.76. The van der Waals surface area contributed by atoms with Crippen molar-refractivity contribution < 1.29 is 24.7 Å². The Morgan fingerprint density at radius 2 is 1.80 bits per heavy atom. The number of rotatable bonds is 8. The van der Waals surface area contributed by atoms with Gasteiger partial charge in [0.1, 0.15) is 0 Å². The molecule has 1 amide bonds. The highest BCUT2D eigenvalue weighted by atomic mass is 16.6. The quantitative estimate of drug-likeness (QED) is 0.487. The lowest BCUT2D eigenvalue weighted by atomic mass is 10.0. The van der Waals surface area contributed by atoms with Gasteiger partial charge in [-0.1, -0.05) is 42.5 Å². The molecule has 2 unspecified atom stereocenters. The molecule has 132 valence electrons. The average Bonchev–Trinajstić information content (AvgIpc) is 2.64. The van der Waals surface area contributed by atoms with E-state index >= 15 is 0 Å². The molecule has 0 saturated carbocycles. The Bertz CT molecular complexity index is 722. The van der Waals surface area contributed by atoms with Crippen LogP contribution >= 0.6 is 0 Å². The Morgan fingerprint density at radius 3 is 2.44 bits per heavy atom. The molecule has 2 aromatic rings. The minimum atomic E-state index is -1.62. The lowest BCUT2D eigenvalue weighted by molar-refractivity contribution is -0.386. The number of carbonyl (C=O) groups excluding carboxylic acids is 1. The van der Waals surface area contributed by atoms with E-state index in [4.69, 9.17) is 9.84 Å². The van der Waals surface area contributed by atoms with Crippen LogP contribution in [0, 0.1) is 10.1 Å². The molecule has 0 aliphatic carbocycles. The van der Waals surface area contributed by atoms with Crippen molar-refractivity contribution in [2.45, 2.75) is 12.2 Å². The lowest BCUT2D eigenvalue weighted by Crippen LogP contribution is -2.41. The second-order valence-electron chi connectivity index (χ2n) is 5.13. The van der Waals surface area contributed by atoms with Gasteiger partial charge >= 0.3 is 5.69 Å². The van der Waals surface area contributed by atoms with Crippen LogP contribution in [0.25, 0.3) is 0 Å². The van der Waals surface area contributed by atoms with Gasteiger partial charge < -0.3 is 20.3 Å². The number of hydrogen-bond donors (Lipinski definition) is 3. The van der Waals surface area contributed by atoms with E-state index in [1.54, 1.807) is 36.4 Å². The van der Waals surface area contributed by atoms with Gasteiger partial charge in [0, 0.05) is 12.6 Å². The molecule has 0 heterocycles. The van der Waals surface area contributed by atoms with Gasteiger partial charge in [0.25, 0.3) is 5.91 Å². The molecule has 0 spiro atoms. The molecule has 25 heavy (non-hydrogen) atoms. The molecule has 0 saturated heterocycles. The molecule has 0 aliphatic heterocycles. The van der Waals surface area contributed by atoms with Gasteiger partial charge in [-0.2, -0.15) is 0 Å². The number of nitrogens with one attached hydrogen (secondary N) is 1. The number of aliphatic hydroxyl groups is 2. The number of benzene rings is 2.